The Bertz CT molecular complexity index is 286. The fourth-order valence-corrected chi connectivity index (χ4v) is 1.91. The van der Waals surface area contributed by atoms with E-state index in [1.165, 1.54) is 51.4 Å². The Balaban J connectivity index is -0.000000425. The van der Waals surface area contributed by atoms with Crippen molar-refractivity contribution in [2.45, 2.75) is 85.5 Å². The Hall–Kier alpha value is -0.463. The predicted octanol–water partition coefficient (Wildman–Crippen LogP) is 2.17. The van der Waals surface area contributed by atoms with Gasteiger partial charge in [0.05, 0.1) is 0 Å². The van der Waals surface area contributed by atoms with Gasteiger partial charge in [0.25, 0.3) is 0 Å². The molecule has 0 saturated heterocycles. The number of carboxylic acid groups (broad SMARTS) is 2. The van der Waals surface area contributed by atoms with Crippen molar-refractivity contribution in [3.63, 3.8) is 0 Å². The second-order valence-corrected chi connectivity index (χ2v) is 6.94. The molecule has 0 bridgehead atoms. The molecule has 5 heteroatoms. The molecule has 0 fully saturated rings. The zero-order valence-corrected chi connectivity index (χ0v) is 15.9. The van der Waals surface area contributed by atoms with Crippen LogP contribution in [0.15, 0.2) is 0 Å². The van der Waals surface area contributed by atoms with E-state index in [-0.39, 0.29) is 18.9 Å². The van der Waals surface area contributed by atoms with E-state index in [2.05, 4.69) is 34.6 Å². The maximum absolute atomic E-state index is 9.43. The van der Waals surface area contributed by atoms with Crippen molar-refractivity contribution >= 4 is 11.9 Å². The first-order chi connectivity index (χ1) is 10.1. The monoisotopic (exact) mass is 322 g/mol. The van der Waals surface area contributed by atoms with Gasteiger partial charge < -0.3 is 17.1 Å². The normalized spacial score (nSPS) is 11.7. The molecule has 4 nitrogen and oxygen atoms in total. The van der Waals surface area contributed by atoms with Crippen LogP contribution in [0.5, 0.6) is 0 Å². The fraction of sp³-hybridized carbons (Fsp3) is 0.833. The molecule has 132 valence electrons. The van der Waals surface area contributed by atoms with Crippen molar-refractivity contribution in [2.24, 2.45) is 11.3 Å². The molecule has 0 heterocycles. The van der Waals surface area contributed by atoms with Crippen molar-refractivity contribution in [1.82, 2.24) is 0 Å². The summed E-state index contributed by atoms with van der Waals surface area (Å²) in [6, 6.07) is 0. The van der Waals surface area contributed by atoms with E-state index < -0.39 is 18.4 Å². The van der Waals surface area contributed by atoms with Gasteiger partial charge >= 0.3 is 30.8 Å². The van der Waals surface area contributed by atoms with Gasteiger partial charge in [0.1, 0.15) is 6.42 Å². The van der Waals surface area contributed by atoms with Gasteiger partial charge in [0, 0.05) is 0 Å². The van der Waals surface area contributed by atoms with E-state index in [4.69, 9.17) is 10.2 Å². The molecule has 0 aliphatic carbocycles. The van der Waals surface area contributed by atoms with Crippen LogP contribution in [0.25, 0.3) is 0 Å². The summed E-state index contributed by atoms with van der Waals surface area (Å²) in [5.74, 6) is -2.01. The molecule has 0 radical (unpaired) electrons. The third-order valence-electron chi connectivity index (χ3n) is 3.68. The standard InChI is InChI=1S/C15H31.C3H4O4.Li/c1-6-7-8-9-10-11-12-13-14(2)15(3,4)5;4-2(5)1-3(6)7;/h14H,2,6-13H2,1,3-5H3;1H2,(H,4,5)(H,6,7);/q-1;;+1. The maximum atomic E-state index is 9.43. The van der Waals surface area contributed by atoms with Crippen LogP contribution >= 0.6 is 0 Å². The average Bonchev–Trinajstić information content (AvgIpc) is 2.35. The Kier molecular flexibility index (Phi) is 19.5. The van der Waals surface area contributed by atoms with Gasteiger partial charge in [-0.2, -0.15) is 5.92 Å². The first-order valence-electron chi connectivity index (χ1n) is 8.37. The molecule has 0 spiro atoms. The SMILES string of the molecule is O=C(O)CC(=O)O.[CH2-]C(CCCCCCCCC)C(C)(C)C.[Li+]. The zero-order valence-electron chi connectivity index (χ0n) is 15.9. The average molecular weight is 322 g/mol. The summed E-state index contributed by atoms with van der Waals surface area (Å²) >= 11 is 0. The van der Waals surface area contributed by atoms with Crippen molar-refractivity contribution in [3.8, 4) is 0 Å². The van der Waals surface area contributed by atoms with Crippen molar-refractivity contribution in [1.29, 1.82) is 0 Å². The molecule has 0 aliphatic rings. The van der Waals surface area contributed by atoms with E-state index in [1.807, 2.05) is 0 Å². The molecule has 1 atom stereocenters. The third-order valence-corrected chi connectivity index (χ3v) is 3.68. The molecule has 0 rings (SSSR count). The molecule has 0 amide bonds. The predicted molar refractivity (Wildman–Crippen MR) is 90.8 cm³/mol. The minimum Gasteiger partial charge on any atom is -0.481 e. The zero-order chi connectivity index (χ0) is 17.6. The maximum Gasteiger partial charge on any atom is 1.00 e. The quantitative estimate of drug-likeness (QED) is 0.280. The molecule has 0 aliphatic heterocycles. The minimum atomic E-state index is -1.31. The topological polar surface area (TPSA) is 74.6 Å². The largest absolute Gasteiger partial charge is 1.00 e. The summed E-state index contributed by atoms with van der Waals surface area (Å²) in [6.45, 7) is 13.4. The molecule has 0 saturated carbocycles. The Morgan fingerprint density at radius 2 is 1.30 bits per heavy atom. The van der Waals surface area contributed by atoms with Crippen molar-refractivity contribution in [3.05, 3.63) is 6.92 Å². The van der Waals surface area contributed by atoms with Crippen LogP contribution in [0, 0.1) is 18.3 Å². The van der Waals surface area contributed by atoms with Crippen molar-refractivity contribution in [2.75, 3.05) is 0 Å². The number of hydrogen-bond acceptors (Lipinski definition) is 2. The Morgan fingerprint density at radius 3 is 1.61 bits per heavy atom. The minimum absolute atomic E-state index is 0. The summed E-state index contributed by atoms with van der Waals surface area (Å²) in [5, 5.41) is 15.4. The van der Waals surface area contributed by atoms with Gasteiger partial charge in [-0.05, 0) is 0 Å². The van der Waals surface area contributed by atoms with E-state index in [9.17, 15) is 9.59 Å². The fourth-order valence-electron chi connectivity index (χ4n) is 1.91. The van der Waals surface area contributed by atoms with E-state index in [1.54, 1.807) is 0 Å². The molecule has 0 aromatic rings. The van der Waals surface area contributed by atoms with Gasteiger partial charge in [0.2, 0.25) is 0 Å². The Labute approximate surface area is 154 Å². The van der Waals surface area contributed by atoms with E-state index in [0.29, 0.717) is 11.3 Å². The van der Waals surface area contributed by atoms with E-state index in [0.717, 1.165) is 0 Å². The summed E-state index contributed by atoms with van der Waals surface area (Å²) in [4.78, 5) is 18.9. The number of carboxylic acids is 2. The number of carbonyl (C=O) groups is 2. The molecular formula is C18H35LiO4. The number of unbranched alkanes of at least 4 members (excludes halogenated alkanes) is 6. The molecule has 1 unspecified atom stereocenters. The van der Waals surface area contributed by atoms with Crippen LogP contribution in [0.3, 0.4) is 0 Å². The first-order valence-corrected chi connectivity index (χ1v) is 8.37. The van der Waals surface area contributed by atoms with Gasteiger partial charge in [-0.3, -0.25) is 9.59 Å². The Morgan fingerprint density at radius 1 is 0.913 bits per heavy atom. The summed E-state index contributed by atoms with van der Waals surface area (Å²) in [5.41, 5.74) is 0.391. The molecule has 2 N–H and O–H groups in total. The van der Waals surface area contributed by atoms with Crippen LogP contribution in [-0.2, 0) is 9.59 Å². The van der Waals surface area contributed by atoms with Crippen LogP contribution in [0.2, 0.25) is 0 Å². The van der Waals surface area contributed by atoms with Gasteiger partial charge in [-0.25, -0.2) is 0 Å². The van der Waals surface area contributed by atoms with E-state index >= 15 is 0 Å². The summed E-state index contributed by atoms with van der Waals surface area (Å²) in [7, 11) is 0. The number of hydrogen-bond donors (Lipinski definition) is 2. The molecular weight excluding hydrogens is 287 g/mol. The number of rotatable bonds is 10. The van der Waals surface area contributed by atoms with Crippen LogP contribution in [0.4, 0.5) is 0 Å². The van der Waals surface area contributed by atoms with Crippen LogP contribution in [0.1, 0.15) is 85.5 Å². The molecule has 0 aromatic carbocycles. The number of aliphatic carboxylic acids is 2. The van der Waals surface area contributed by atoms with Crippen LogP contribution < -0.4 is 18.9 Å². The van der Waals surface area contributed by atoms with Crippen molar-refractivity contribution < 1.29 is 38.7 Å². The summed E-state index contributed by atoms with van der Waals surface area (Å²) in [6.07, 6.45) is 10.3. The smallest absolute Gasteiger partial charge is 0.481 e. The molecule has 23 heavy (non-hydrogen) atoms. The molecule has 0 aromatic heterocycles. The third kappa shape index (κ3) is 23.9. The second-order valence-electron chi connectivity index (χ2n) is 6.94. The van der Waals surface area contributed by atoms with Gasteiger partial charge in [-0.15, -0.1) is 0 Å². The summed E-state index contributed by atoms with van der Waals surface area (Å²) < 4.78 is 0. The van der Waals surface area contributed by atoms with Gasteiger partial charge in [0.15, 0.2) is 0 Å². The second kappa shape index (κ2) is 16.4. The van der Waals surface area contributed by atoms with Gasteiger partial charge in [-0.1, -0.05) is 84.5 Å². The first kappa shape index (κ1) is 27.4. The van der Waals surface area contributed by atoms with Crippen LogP contribution in [-0.4, -0.2) is 22.2 Å².